The van der Waals surface area contributed by atoms with Crippen LogP contribution >= 0.6 is 0 Å². The zero-order chi connectivity index (χ0) is 19.1. The van der Waals surface area contributed by atoms with Crippen molar-refractivity contribution in [1.29, 1.82) is 0 Å². The Labute approximate surface area is 155 Å². The summed E-state index contributed by atoms with van der Waals surface area (Å²) in [4.78, 5) is 12.1. The van der Waals surface area contributed by atoms with Crippen LogP contribution in [0.1, 0.15) is 21.6 Å². The Balaban J connectivity index is 1.48. The average molecular weight is 368 g/mol. The first-order valence-electron chi connectivity index (χ1n) is 8.45. The van der Waals surface area contributed by atoms with Crippen molar-refractivity contribution in [3.05, 3.63) is 89.1 Å². The van der Waals surface area contributed by atoms with Crippen molar-refractivity contribution in [2.45, 2.75) is 13.0 Å². The molecule has 0 unspecified atom stereocenters. The number of hydrogen-bond acceptors (Lipinski definition) is 4. The van der Waals surface area contributed by atoms with Gasteiger partial charge in [0.15, 0.2) is 5.69 Å². The molecule has 0 aliphatic carbocycles. The molecule has 0 bridgehead atoms. The van der Waals surface area contributed by atoms with Gasteiger partial charge in [0.25, 0.3) is 5.91 Å². The fourth-order valence-corrected chi connectivity index (χ4v) is 2.44. The summed E-state index contributed by atoms with van der Waals surface area (Å²) in [6, 6.07) is 15.7. The summed E-state index contributed by atoms with van der Waals surface area (Å²) in [6.07, 6.45) is 0.701. The molecule has 1 amide bonds. The lowest BCUT2D eigenvalue weighted by atomic mass is 10.1. The van der Waals surface area contributed by atoms with Crippen molar-refractivity contribution in [2.24, 2.45) is 0 Å². The minimum Gasteiger partial charge on any atom is -0.368 e. The van der Waals surface area contributed by atoms with Crippen LogP contribution in [-0.4, -0.2) is 22.6 Å². The highest BCUT2D eigenvalue weighted by atomic mass is 19.1. The maximum absolute atomic E-state index is 13.6. The number of nitrogens with one attached hydrogen (secondary N) is 2. The summed E-state index contributed by atoms with van der Waals surface area (Å²) in [6.45, 7) is 0.671. The highest BCUT2D eigenvalue weighted by molar-refractivity contribution is 5.92. The lowest BCUT2D eigenvalue weighted by molar-refractivity contribution is 0.0944. The average Bonchev–Trinajstić information content (AvgIpc) is 2.69. The first kappa shape index (κ1) is 18.4. The molecule has 7 heteroatoms. The molecule has 0 saturated carbocycles. The fraction of sp³-hybridized carbons (Fsp3) is 0.150. The Morgan fingerprint density at radius 1 is 0.926 bits per heavy atom. The summed E-state index contributed by atoms with van der Waals surface area (Å²) in [7, 11) is 0. The van der Waals surface area contributed by atoms with Crippen LogP contribution < -0.4 is 10.6 Å². The van der Waals surface area contributed by atoms with Crippen molar-refractivity contribution >= 4 is 11.7 Å². The smallest absolute Gasteiger partial charge is 0.272 e. The number of hydrogen-bond donors (Lipinski definition) is 2. The van der Waals surface area contributed by atoms with Crippen molar-refractivity contribution in [3.63, 3.8) is 0 Å². The number of carbonyl (C=O) groups is 1. The van der Waals surface area contributed by atoms with Gasteiger partial charge >= 0.3 is 0 Å². The number of halogens is 2. The van der Waals surface area contributed by atoms with Gasteiger partial charge in [0, 0.05) is 18.7 Å². The van der Waals surface area contributed by atoms with Gasteiger partial charge in [0.2, 0.25) is 0 Å². The number of rotatable bonds is 7. The number of aromatic nitrogens is 2. The molecule has 0 spiro atoms. The van der Waals surface area contributed by atoms with Gasteiger partial charge in [-0.2, -0.15) is 0 Å². The van der Waals surface area contributed by atoms with Crippen molar-refractivity contribution < 1.29 is 13.6 Å². The van der Waals surface area contributed by atoms with Crippen LogP contribution in [0.5, 0.6) is 0 Å². The normalized spacial score (nSPS) is 10.4. The van der Waals surface area contributed by atoms with E-state index in [-0.39, 0.29) is 23.9 Å². The van der Waals surface area contributed by atoms with Crippen LogP contribution in [0.15, 0.2) is 60.7 Å². The first-order chi connectivity index (χ1) is 13.1. The minimum absolute atomic E-state index is 0.0743. The highest BCUT2D eigenvalue weighted by Crippen LogP contribution is 2.08. The van der Waals surface area contributed by atoms with E-state index in [1.807, 2.05) is 0 Å². The molecule has 0 atom stereocenters. The second-order valence-corrected chi connectivity index (χ2v) is 5.88. The molecule has 2 aromatic carbocycles. The van der Waals surface area contributed by atoms with E-state index in [0.29, 0.717) is 24.3 Å². The van der Waals surface area contributed by atoms with E-state index in [1.165, 1.54) is 18.2 Å². The van der Waals surface area contributed by atoms with Crippen LogP contribution in [-0.2, 0) is 13.0 Å². The van der Waals surface area contributed by atoms with Crippen LogP contribution in [0.4, 0.5) is 14.6 Å². The number of carbonyl (C=O) groups excluding carboxylic acids is 1. The van der Waals surface area contributed by atoms with Gasteiger partial charge in [-0.25, -0.2) is 8.78 Å². The quantitative estimate of drug-likeness (QED) is 0.671. The SMILES string of the molecule is O=C(NCc1ccccc1F)c1ccc(NCCc2ccc(F)cc2)nn1. The molecule has 138 valence electrons. The van der Waals surface area contributed by atoms with E-state index in [4.69, 9.17) is 0 Å². The van der Waals surface area contributed by atoms with E-state index in [0.717, 1.165) is 5.56 Å². The molecule has 0 aliphatic heterocycles. The third-order valence-corrected chi connectivity index (χ3v) is 3.93. The lowest BCUT2D eigenvalue weighted by Crippen LogP contribution is -2.24. The summed E-state index contributed by atoms with van der Waals surface area (Å²) >= 11 is 0. The van der Waals surface area contributed by atoms with Crippen LogP contribution in [0.2, 0.25) is 0 Å². The Morgan fingerprint density at radius 2 is 1.70 bits per heavy atom. The Kier molecular flexibility index (Phi) is 6.04. The van der Waals surface area contributed by atoms with E-state index in [1.54, 1.807) is 42.5 Å². The van der Waals surface area contributed by atoms with Gasteiger partial charge in [-0.15, -0.1) is 10.2 Å². The van der Waals surface area contributed by atoms with Gasteiger partial charge in [0.05, 0.1) is 0 Å². The maximum Gasteiger partial charge on any atom is 0.272 e. The van der Waals surface area contributed by atoms with Gasteiger partial charge in [-0.1, -0.05) is 30.3 Å². The Morgan fingerprint density at radius 3 is 2.41 bits per heavy atom. The molecule has 0 aliphatic rings. The van der Waals surface area contributed by atoms with E-state index >= 15 is 0 Å². The van der Waals surface area contributed by atoms with E-state index in [2.05, 4.69) is 20.8 Å². The number of anilines is 1. The molecule has 0 fully saturated rings. The molecule has 27 heavy (non-hydrogen) atoms. The van der Waals surface area contributed by atoms with E-state index < -0.39 is 5.91 Å². The van der Waals surface area contributed by atoms with Crippen LogP contribution in [0, 0.1) is 11.6 Å². The van der Waals surface area contributed by atoms with Gasteiger partial charge < -0.3 is 10.6 Å². The summed E-state index contributed by atoms with van der Waals surface area (Å²) in [5.41, 5.74) is 1.55. The standard InChI is InChI=1S/C20H18F2N4O/c21-16-7-5-14(6-8-16)11-12-23-19-10-9-18(25-26-19)20(27)24-13-15-3-1-2-4-17(15)22/h1-10H,11-13H2,(H,23,26)(H,24,27). The third-order valence-electron chi connectivity index (χ3n) is 3.93. The first-order valence-corrected chi connectivity index (χ1v) is 8.45. The van der Waals surface area contributed by atoms with Gasteiger partial charge in [0.1, 0.15) is 17.5 Å². The Hall–Kier alpha value is -3.35. The van der Waals surface area contributed by atoms with Crippen LogP contribution in [0.3, 0.4) is 0 Å². The fourth-order valence-electron chi connectivity index (χ4n) is 2.44. The Bertz CT molecular complexity index is 899. The maximum atomic E-state index is 13.6. The summed E-state index contributed by atoms with van der Waals surface area (Å²) in [5.74, 6) is -0.530. The van der Waals surface area contributed by atoms with Crippen molar-refractivity contribution in [1.82, 2.24) is 15.5 Å². The molecule has 3 rings (SSSR count). The summed E-state index contributed by atoms with van der Waals surface area (Å²) in [5, 5.41) is 13.5. The second kappa shape index (κ2) is 8.84. The van der Waals surface area contributed by atoms with Crippen molar-refractivity contribution in [3.8, 4) is 0 Å². The lowest BCUT2D eigenvalue weighted by Gasteiger charge is -2.07. The zero-order valence-electron chi connectivity index (χ0n) is 14.5. The largest absolute Gasteiger partial charge is 0.368 e. The van der Waals surface area contributed by atoms with E-state index in [9.17, 15) is 13.6 Å². The highest BCUT2D eigenvalue weighted by Gasteiger charge is 2.09. The molecule has 0 saturated heterocycles. The van der Waals surface area contributed by atoms with Gasteiger partial charge in [-0.3, -0.25) is 4.79 Å². The molecule has 0 radical (unpaired) electrons. The molecule has 3 aromatic rings. The molecule has 2 N–H and O–H groups in total. The number of nitrogens with zero attached hydrogens (tertiary/aromatic N) is 2. The predicted molar refractivity (Wildman–Crippen MR) is 98.2 cm³/mol. The zero-order valence-corrected chi connectivity index (χ0v) is 14.5. The minimum atomic E-state index is -0.427. The molecular weight excluding hydrogens is 350 g/mol. The molecule has 5 nitrogen and oxygen atoms in total. The van der Waals surface area contributed by atoms with Crippen LogP contribution in [0.25, 0.3) is 0 Å². The number of benzene rings is 2. The molecule has 1 heterocycles. The topological polar surface area (TPSA) is 66.9 Å². The predicted octanol–water partition coefficient (Wildman–Crippen LogP) is 3.34. The molecular formula is C20H18F2N4O. The number of amides is 1. The summed E-state index contributed by atoms with van der Waals surface area (Å²) < 4.78 is 26.4. The van der Waals surface area contributed by atoms with Crippen molar-refractivity contribution in [2.75, 3.05) is 11.9 Å². The third kappa shape index (κ3) is 5.31. The monoisotopic (exact) mass is 368 g/mol. The second-order valence-electron chi connectivity index (χ2n) is 5.88. The van der Waals surface area contributed by atoms with Gasteiger partial charge in [-0.05, 0) is 42.3 Å². The molecule has 1 aromatic heterocycles.